The van der Waals surface area contributed by atoms with Crippen molar-refractivity contribution in [3.63, 3.8) is 0 Å². The summed E-state index contributed by atoms with van der Waals surface area (Å²) in [6, 6.07) is -0.919. The Morgan fingerprint density at radius 3 is 2.47 bits per heavy atom. The predicted molar refractivity (Wildman–Crippen MR) is 107 cm³/mol. The quantitative estimate of drug-likeness (QED) is 0.447. The number of nitrogens with one attached hydrogen (secondary N) is 1. The molecule has 1 saturated heterocycles. The first kappa shape index (κ1) is 22.2. The number of carboxylic acids is 1. The number of pyridine rings is 1. The van der Waals surface area contributed by atoms with Crippen LogP contribution in [0.5, 0.6) is 0 Å². The lowest BCUT2D eigenvalue weighted by atomic mass is 10.0. The van der Waals surface area contributed by atoms with Gasteiger partial charge in [-0.15, -0.1) is 11.8 Å². The molecule has 2 atom stereocenters. The zero-order valence-corrected chi connectivity index (χ0v) is 17.7. The molecule has 160 valence electrons. The van der Waals surface area contributed by atoms with Crippen molar-refractivity contribution < 1.29 is 29.0 Å². The van der Waals surface area contributed by atoms with Crippen LogP contribution in [0.4, 0.5) is 0 Å². The van der Waals surface area contributed by atoms with Crippen LogP contribution >= 0.6 is 35.0 Å². The Kier molecular flexibility index (Phi) is 6.44. The first-order valence-corrected chi connectivity index (χ1v) is 10.3. The first-order chi connectivity index (χ1) is 14.1. The maximum Gasteiger partial charge on any atom is 0.352 e. The third-order valence-electron chi connectivity index (χ3n) is 4.33. The molecule has 0 spiro atoms. The number of aromatic nitrogens is 1. The normalized spacial score (nSPS) is 20.4. The van der Waals surface area contributed by atoms with Gasteiger partial charge < -0.3 is 19.7 Å². The molecule has 2 amide bonds. The fourth-order valence-electron chi connectivity index (χ4n) is 3.02. The van der Waals surface area contributed by atoms with Crippen LogP contribution in [-0.2, 0) is 30.5 Å². The van der Waals surface area contributed by atoms with Crippen molar-refractivity contribution in [3.05, 3.63) is 43.9 Å². The number of thioether (sulfide) groups is 1. The third-order valence-corrected chi connectivity index (χ3v) is 6.21. The molecule has 3 rings (SSSR count). The molecule has 1 aromatic heterocycles. The van der Waals surface area contributed by atoms with Gasteiger partial charge in [0.1, 0.15) is 40.3 Å². The third kappa shape index (κ3) is 4.32. The average Bonchev–Trinajstić information content (AvgIpc) is 2.67. The Hall–Kier alpha value is -2.50. The van der Waals surface area contributed by atoms with Crippen LogP contribution in [0.1, 0.15) is 6.92 Å². The van der Waals surface area contributed by atoms with Gasteiger partial charge in [0.15, 0.2) is 0 Å². The number of carboxylic acid groups (broad SMARTS) is 1. The molecular formula is C17H15Cl2N3O7S. The smallest absolute Gasteiger partial charge is 0.352 e. The minimum Gasteiger partial charge on any atom is -0.477 e. The molecule has 0 aromatic carbocycles. The molecule has 0 saturated carbocycles. The van der Waals surface area contributed by atoms with Gasteiger partial charge in [0.05, 0.1) is 0 Å². The highest BCUT2D eigenvalue weighted by Gasteiger charge is 2.54. The molecule has 13 heteroatoms. The molecule has 0 radical (unpaired) electrons. The van der Waals surface area contributed by atoms with Crippen LogP contribution in [0.15, 0.2) is 28.5 Å². The maximum atomic E-state index is 12.5. The second-order valence-corrected chi connectivity index (χ2v) is 8.37. The van der Waals surface area contributed by atoms with Gasteiger partial charge in [-0.3, -0.25) is 24.1 Å². The molecule has 1 fully saturated rings. The van der Waals surface area contributed by atoms with Gasteiger partial charge in [0.25, 0.3) is 5.91 Å². The molecular weight excluding hydrogens is 461 g/mol. The zero-order valence-electron chi connectivity index (χ0n) is 15.4. The average molecular weight is 476 g/mol. The summed E-state index contributed by atoms with van der Waals surface area (Å²) in [5, 5.41) is 11.2. The molecule has 3 heterocycles. The minimum atomic E-state index is -1.32. The molecule has 0 unspecified atom stereocenters. The number of esters is 1. The minimum absolute atomic E-state index is 0.152. The molecule has 1 aromatic rings. The van der Waals surface area contributed by atoms with Crippen molar-refractivity contribution in [1.82, 2.24) is 14.8 Å². The van der Waals surface area contributed by atoms with E-state index in [4.69, 9.17) is 27.9 Å². The van der Waals surface area contributed by atoms with Crippen LogP contribution < -0.4 is 10.7 Å². The lowest BCUT2D eigenvalue weighted by Crippen LogP contribution is -2.70. The van der Waals surface area contributed by atoms with E-state index in [2.05, 4.69) is 5.32 Å². The van der Waals surface area contributed by atoms with Crippen LogP contribution in [-0.4, -0.2) is 62.1 Å². The van der Waals surface area contributed by atoms with Crippen molar-refractivity contribution in [2.75, 3.05) is 12.4 Å². The summed E-state index contributed by atoms with van der Waals surface area (Å²) in [5.74, 6) is -2.80. The number of carbonyl (C=O) groups excluding carboxylic acids is 3. The van der Waals surface area contributed by atoms with Crippen molar-refractivity contribution in [1.29, 1.82) is 0 Å². The van der Waals surface area contributed by atoms with E-state index in [1.807, 2.05) is 0 Å². The Morgan fingerprint density at radius 1 is 1.27 bits per heavy atom. The molecule has 2 aliphatic heterocycles. The van der Waals surface area contributed by atoms with Gasteiger partial charge in [0, 0.05) is 30.6 Å². The maximum absolute atomic E-state index is 12.5. The summed E-state index contributed by atoms with van der Waals surface area (Å²) in [7, 11) is 0. The standard InChI is InChI=1S/C17H15Cl2N3O7S/c1-7(23)29-5-8-6-30-16-12(15(26)22(16)13(8)17(27)28)20-11(24)4-21-2-9(18)14(25)10(19)3-21/h2-3,12,16H,4-6H2,1H3,(H,20,24)(H,27,28)/t12-,16+/m0/s1. The lowest BCUT2D eigenvalue weighted by Gasteiger charge is -2.49. The highest BCUT2D eigenvalue weighted by atomic mass is 35.5. The van der Waals surface area contributed by atoms with E-state index >= 15 is 0 Å². The Bertz CT molecular complexity index is 1010. The number of rotatable bonds is 6. The van der Waals surface area contributed by atoms with E-state index in [1.165, 1.54) is 35.6 Å². The first-order valence-electron chi connectivity index (χ1n) is 8.48. The number of amides is 2. The van der Waals surface area contributed by atoms with Gasteiger partial charge in [-0.05, 0) is 0 Å². The van der Waals surface area contributed by atoms with E-state index in [1.54, 1.807) is 0 Å². The SMILES string of the molecule is CC(=O)OCC1=C(C(=O)O)N2C(=O)[C@H](NC(=O)Cn3cc(Cl)c(=O)c(Cl)c3)[C@H]2SC1. The highest BCUT2D eigenvalue weighted by Crippen LogP contribution is 2.40. The number of hydrogen-bond donors (Lipinski definition) is 2. The summed E-state index contributed by atoms with van der Waals surface area (Å²) < 4.78 is 6.16. The van der Waals surface area contributed by atoms with Gasteiger partial charge in [-0.25, -0.2) is 4.79 Å². The number of carbonyl (C=O) groups is 4. The van der Waals surface area contributed by atoms with E-state index < -0.39 is 40.6 Å². The molecule has 30 heavy (non-hydrogen) atoms. The van der Waals surface area contributed by atoms with Gasteiger partial charge in [0.2, 0.25) is 11.3 Å². The molecule has 0 aliphatic carbocycles. The van der Waals surface area contributed by atoms with Crippen molar-refractivity contribution in [2.24, 2.45) is 0 Å². The van der Waals surface area contributed by atoms with E-state index in [9.17, 15) is 29.1 Å². The Balaban J connectivity index is 1.70. The number of β-lactam (4-membered cyclic amide) rings is 1. The summed E-state index contributed by atoms with van der Waals surface area (Å²) in [6.07, 6.45) is 2.48. The largest absolute Gasteiger partial charge is 0.477 e. The van der Waals surface area contributed by atoms with Gasteiger partial charge >= 0.3 is 11.9 Å². The molecule has 0 bridgehead atoms. The lowest BCUT2D eigenvalue weighted by molar-refractivity contribution is -0.151. The van der Waals surface area contributed by atoms with Crippen LogP contribution in [0, 0.1) is 0 Å². The highest BCUT2D eigenvalue weighted by molar-refractivity contribution is 8.00. The van der Waals surface area contributed by atoms with Gasteiger partial charge in [-0.1, -0.05) is 23.2 Å². The number of halogens is 2. The summed E-state index contributed by atoms with van der Waals surface area (Å²) >= 11 is 12.8. The summed E-state index contributed by atoms with van der Waals surface area (Å²) in [6.45, 7) is 0.717. The molecule has 10 nitrogen and oxygen atoms in total. The number of fused-ring (bicyclic) bond motifs is 1. The summed E-state index contributed by atoms with van der Waals surface area (Å²) in [4.78, 5) is 60.2. The monoisotopic (exact) mass is 475 g/mol. The predicted octanol–water partition coefficient (Wildman–Crippen LogP) is 0.457. The van der Waals surface area contributed by atoms with E-state index in [0.29, 0.717) is 5.57 Å². The van der Waals surface area contributed by atoms with E-state index in [-0.39, 0.29) is 34.6 Å². The topological polar surface area (TPSA) is 135 Å². The second-order valence-electron chi connectivity index (χ2n) is 6.45. The van der Waals surface area contributed by atoms with Crippen molar-refractivity contribution >= 4 is 58.7 Å². The van der Waals surface area contributed by atoms with E-state index in [0.717, 1.165) is 4.90 Å². The number of aliphatic carboxylic acids is 1. The molecule has 2 N–H and O–H groups in total. The number of ether oxygens (including phenoxy) is 1. The van der Waals surface area contributed by atoms with Crippen molar-refractivity contribution in [3.8, 4) is 0 Å². The van der Waals surface area contributed by atoms with Crippen LogP contribution in [0.25, 0.3) is 0 Å². The zero-order chi connectivity index (χ0) is 22.2. The summed E-state index contributed by atoms with van der Waals surface area (Å²) in [5.41, 5.74) is -0.500. The van der Waals surface area contributed by atoms with Crippen LogP contribution in [0.2, 0.25) is 10.0 Å². The fourth-order valence-corrected chi connectivity index (χ4v) is 4.85. The fraction of sp³-hybridized carbons (Fsp3) is 0.353. The van der Waals surface area contributed by atoms with Crippen LogP contribution in [0.3, 0.4) is 0 Å². The molecule has 2 aliphatic rings. The van der Waals surface area contributed by atoms with Gasteiger partial charge in [-0.2, -0.15) is 0 Å². The van der Waals surface area contributed by atoms with Crippen molar-refractivity contribution in [2.45, 2.75) is 24.9 Å². The number of hydrogen-bond acceptors (Lipinski definition) is 7. The number of nitrogens with zero attached hydrogens (tertiary/aromatic N) is 2. The Morgan fingerprint density at radius 2 is 1.90 bits per heavy atom. The Labute approximate surface area is 183 Å². The second kappa shape index (κ2) is 8.70.